The Balaban J connectivity index is 0.000000396. The normalized spacial score (nSPS) is 18.6. The van der Waals surface area contributed by atoms with Crippen LogP contribution in [0.25, 0.3) is 0 Å². The molecule has 7 N–H and O–H groups in total. The summed E-state index contributed by atoms with van der Waals surface area (Å²) in [5.74, 6) is 0. The van der Waals surface area contributed by atoms with Crippen molar-refractivity contribution in [2.45, 2.75) is 31.5 Å². The number of hydrazine groups is 2. The van der Waals surface area contributed by atoms with Gasteiger partial charge in [0, 0.05) is 13.1 Å². The van der Waals surface area contributed by atoms with E-state index in [9.17, 15) is 0 Å². The second kappa shape index (κ2) is 10.4. The number of nitrogens with one attached hydrogen (secondary N) is 2. The Morgan fingerprint density at radius 3 is 2.05 bits per heavy atom. The standard InChI is InChI=1S/C8H20N4.C4H11NO3/c1-4-8(11(2)3)12-7-5-6-9-10-12;5-4(1-6,2-7)3-8/h8-10H,4-7H2,1-3H3;6-8H,1-3,5H2. The van der Waals surface area contributed by atoms with Crippen molar-refractivity contribution in [2.24, 2.45) is 5.73 Å². The fourth-order valence-electron chi connectivity index (χ4n) is 1.79. The predicted octanol–water partition coefficient (Wildman–Crippen LogP) is -2.34. The molecule has 1 atom stereocenters. The maximum absolute atomic E-state index is 8.34. The molecule has 1 heterocycles. The van der Waals surface area contributed by atoms with Crippen molar-refractivity contribution in [1.82, 2.24) is 20.9 Å². The first-order valence-electron chi connectivity index (χ1n) is 6.97. The molecule has 0 radical (unpaired) electrons. The molecule has 0 aromatic heterocycles. The second-order valence-electron chi connectivity index (χ2n) is 5.27. The van der Waals surface area contributed by atoms with Crippen LogP contribution in [0.15, 0.2) is 0 Å². The van der Waals surface area contributed by atoms with E-state index in [1.54, 1.807) is 0 Å². The van der Waals surface area contributed by atoms with Gasteiger partial charge in [-0.1, -0.05) is 6.92 Å². The fraction of sp³-hybridized carbons (Fsp3) is 1.00. The molecule has 1 aliphatic rings. The van der Waals surface area contributed by atoms with Gasteiger partial charge in [0.15, 0.2) is 0 Å². The van der Waals surface area contributed by atoms with Crippen LogP contribution in [-0.4, -0.2) is 83.9 Å². The third kappa shape index (κ3) is 6.91. The molecule has 0 bridgehead atoms. The van der Waals surface area contributed by atoms with Crippen LogP contribution in [0.4, 0.5) is 0 Å². The highest BCUT2D eigenvalue weighted by Crippen LogP contribution is 2.05. The lowest BCUT2D eigenvalue weighted by Gasteiger charge is -2.38. The molecule has 1 rings (SSSR count). The smallest absolute Gasteiger partial charge is 0.0856 e. The van der Waals surface area contributed by atoms with Crippen molar-refractivity contribution >= 4 is 0 Å². The minimum absolute atomic E-state index is 0.403. The molecule has 0 aromatic carbocycles. The summed E-state index contributed by atoms with van der Waals surface area (Å²) in [7, 11) is 4.23. The van der Waals surface area contributed by atoms with Crippen LogP contribution in [-0.2, 0) is 0 Å². The fourth-order valence-corrected chi connectivity index (χ4v) is 1.79. The van der Waals surface area contributed by atoms with Gasteiger partial charge >= 0.3 is 0 Å². The zero-order valence-electron chi connectivity index (χ0n) is 12.8. The first-order chi connectivity index (χ1) is 9.44. The summed E-state index contributed by atoms with van der Waals surface area (Å²) < 4.78 is 0. The lowest BCUT2D eigenvalue weighted by atomic mass is 10.1. The highest BCUT2D eigenvalue weighted by atomic mass is 16.3. The molecule has 8 nitrogen and oxygen atoms in total. The van der Waals surface area contributed by atoms with Crippen molar-refractivity contribution in [2.75, 3.05) is 47.0 Å². The summed E-state index contributed by atoms with van der Waals surface area (Å²) in [6, 6.07) is 0. The highest BCUT2D eigenvalue weighted by Gasteiger charge is 2.21. The summed E-state index contributed by atoms with van der Waals surface area (Å²) in [6.45, 7) is 3.20. The van der Waals surface area contributed by atoms with Crippen LogP contribution < -0.4 is 16.7 Å². The van der Waals surface area contributed by atoms with Crippen molar-refractivity contribution in [1.29, 1.82) is 0 Å². The molecular weight excluding hydrogens is 262 g/mol. The Morgan fingerprint density at radius 2 is 1.80 bits per heavy atom. The number of nitrogens with zero attached hydrogens (tertiary/aromatic N) is 2. The monoisotopic (exact) mass is 293 g/mol. The van der Waals surface area contributed by atoms with Crippen LogP contribution >= 0.6 is 0 Å². The average molecular weight is 293 g/mol. The van der Waals surface area contributed by atoms with Gasteiger partial charge in [-0.3, -0.25) is 4.90 Å². The Hall–Kier alpha value is -0.320. The van der Waals surface area contributed by atoms with Gasteiger partial charge in [0.25, 0.3) is 0 Å². The van der Waals surface area contributed by atoms with Gasteiger partial charge in [0.05, 0.1) is 31.5 Å². The second-order valence-corrected chi connectivity index (χ2v) is 5.27. The Kier molecular flexibility index (Phi) is 10.2. The van der Waals surface area contributed by atoms with Gasteiger partial charge in [0.2, 0.25) is 0 Å². The molecule has 8 heteroatoms. The number of hydrogen-bond acceptors (Lipinski definition) is 8. The van der Waals surface area contributed by atoms with E-state index in [-0.39, 0.29) is 0 Å². The van der Waals surface area contributed by atoms with Crippen molar-refractivity contribution in [3.63, 3.8) is 0 Å². The molecule has 1 aliphatic heterocycles. The Labute approximate surface area is 121 Å². The number of aliphatic hydroxyl groups is 3. The molecule has 1 fully saturated rings. The van der Waals surface area contributed by atoms with Crippen LogP contribution in [0.2, 0.25) is 0 Å². The minimum atomic E-state index is -1.21. The molecule has 0 aromatic rings. The van der Waals surface area contributed by atoms with Crippen LogP contribution in [0.5, 0.6) is 0 Å². The molecule has 0 amide bonds. The first-order valence-corrected chi connectivity index (χ1v) is 6.97. The summed E-state index contributed by atoms with van der Waals surface area (Å²) in [5, 5.41) is 27.3. The van der Waals surface area contributed by atoms with E-state index < -0.39 is 25.4 Å². The number of rotatable bonds is 6. The zero-order valence-corrected chi connectivity index (χ0v) is 12.8. The predicted molar refractivity (Wildman–Crippen MR) is 78.4 cm³/mol. The molecular formula is C12H31N5O3. The van der Waals surface area contributed by atoms with Gasteiger partial charge < -0.3 is 21.1 Å². The number of hydrogen-bond donors (Lipinski definition) is 6. The average Bonchev–Trinajstić information content (AvgIpc) is 2.48. The Bertz CT molecular complexity index is 225. The van der Waals surface area contributed by atoms with Gasteiger partial charge in [-0.25, -0.2) is 10.4 Å². The minimum Gasteiger partial charge on any atom is -0.394 e. The Morgan fingerprint density at radius 1 is 1.25 bits per heavy atom. The summed E-state index contributed by atoms with van der Waals surface area (Å²) in [5.41, 5.74) is 10.3. The van der Waals surface area contributed by atoms with E-state index in [4.69, 9.17) is 21.1 Å². The lowest BCUT2D eigenvalue weighted by Crippen LogP contribution is -2.60. The van der Waals surface area contributed by atoms with Crippen molar-refractivity contribution in [3.8, 4) is 0 Å². The van der Waals surface area contributed by atoms with E-state index in [2.05, 4.69) is 41.9 Å². The first kappa shape index (κ1) is 19.7. The van der Waals surface area contributed by atoms with Gasteiger partial charge in [-0.15, -0.1) is 0 Å². The van der Waals surface area contributed by atoms with E-state index in [0.717, 1.165) is 19.5 Å². The number of aliphatic hydroxyl groups excluding tert-OH is 3. The van der Waals surface area contributed by atoms with Crippen LogP contribution in [0.3, 0.4) is 0 Å². The highest BCUT2D eigenvalue weighted by molar-refractivity contribution is 4.80. The topological polar surface area (TPSA) is 117 Å². The largest absolute Gasteiger partial charge is 0.394 e. The molecule has 1 saturated heterocycles. The van der Waals surface area contributed by atoms with Gasteiger partial charge in [-0.05, 0) is 26.9 Å². The summed E-state index contributed by atoms with van der Waals surface area (Å²) >= 11 is 0. The van der Waals surface area contributed by atoms with Crippen LogP contribution in [0, 0.1) is 0 Å². The van der Waals surface area contributed by atoms with Gasteiger partial charge in [-0.2, -0.15) is 5.53 Å². The van der Waals surface area contributed by atoms with E-state index in [1.807, 2.05) is 0 Å². The molecule has 0 aliphatic carbocycles. The van der Waals surface area contributed by atoms with E-state index in [0.29, 0.717) is 6.17 Å². The van der Waals surface area contributed by atoms with E-state index >= 15 is 0 Å². The number of nitrogens with two attached hydrogens (primary N) is 1. The third-order valence-electron chi connectivity index (χ3n) is 3.19. The van der Waals surface area contributed by atoms with Crippen molar-refractivity contribution in [3.05, 3.63) is 0 Å². The molecule has 20 heavy (non-hydrogen) atoms. The molecule has 0 saturated carbocycles. The summed E-state index contributed by atoms with van der Waals surface area (Å²) in [4.78, 5) is 2.24. The van der Waals surface area contributed by atoms with Gasteiger partial charge in [0.1, 0.15) is 0 Å². The maximum atomic E-state index is 8.34. The third-order valence-corrected chi connectivity index (χ3v) is 3.19. The molecule has 122 valence electrons. The van der Waals surface area contributed by atoms with Crippen molar-refractivity contribution < 1.29 is 15.3 Å². The SMILES string of the molecule is CCC(N(C)C)N1CCCNN1.NC(CO)(CO)CO. The lowest BCUT2D eigenvalue weighted by molar-refractivity contribution is -0.00498. The summed E-state index contributed by atoms with van der Waals surface area (Å²) in [6.07, 6.45) is 2.86. The maximum Gasteiger partial charge on any atom is 0.0856 e. The molecule has 1 unspecified atom stereocenters. The quantitative estimate of drug-likeness (QED) is 0.323. The molecule has 0 spiro atoms. The van der Waals surface area contributed by atoms with Crippen LogP contribution in [0.1, 0.15) is 19.8 Å². The zero-order chi connectivity index (χ0) is 15.6. The van der Waals surface area contributed by atoms with E-state index in [1.165, 1.54) is 6.42 Å².